The van der Waals surface area contributed by atoms with Gasteiger partial charge in [-0.15, -0.1) is 11.3 Å². The molecule has 0 bridgehead atoms. The van der Waals surface area contributed by atoms with Gasteiger partial charge < -0.3 is 14.3 Å². The van der Waals surface area contributed by atoms with Crippen LogP contribution in [0.5, 0.6) is 0 Å². The van der Waals surface area contributed by atoms with Gasteiger partial charge in [-0.25, -0.2) is 4.98 Å². The number of aryl methyl sites for hydroxylation is 2. The van der Waals surface area contributed by atoms with Crippen molar-refractivity contribution < 1.29 is 4.42 Å². The Morgan fingerprint density at radius 1 is 1.04 bits per heavy atom. The Morgan fingerprint density at radius 2 is 1.85 bits per heavy atom. The van der Waals surface area contributed by atoms with E-state index in [9.17, 15) is 4.79 Å². The van der Waals surface area contributed by atoms with Crippen LogP contribution < -0.4 is 10.5 Å². The van der Waals surface area contributed by atoms with Crippen molar-refractivity contribution >= 4 is 27.4 Å². The number of nitrogens with zero attached hydrogens (tertiary/aromatic N) is 2. The van der Waals surface area contributed by atoms with Crippen molar-refractivity contribution in [2.45, 2.75) is 51.4 Å². The van der Waals surface area contributed by atoms with Crippen LogP contribution in [0.4, 0.5) is 5.88 Å². The third kappa shape index (κ3) is 2.76. The van der Waals surface area contributed by atoms with E-state index < -0.39 is 0 Å². The molecule has 0 radical (unpaired) electrons. The summed E-state index contributed by atoms with van der Waals surface area (Å²) in [5.74, 6) is 2.07. The summed E-state index contributed by atoms with van der Waals surface area (Å²) in [7, 11) is 0. The normalized spacial score (nSPS) is 18.1. The van der Waals surface area contributed by atoms with E-state index in [1.54, 1.807) is 11.3 Å². The third-order valence-corrected chi connectivity index (χ3v) is 6.75. The predicted molar refractivity (Wildman–Crippen MR) is 105 cm³/mol. The van der Waals surface area contributed by atoms with Crippen LogP contribution in [-0.4, -0.2) is 23.1 Å². The molecule has 5 nitrogen and oxygen atoms in total. The molecule has 1 N–H and O–H groups in total. The number of nitrogens with one attached hydrogen (secondary N) is 1. The third-order valence-electron chi connectivity index (χ3n) is 5.57. The summed E-state index contributed by atoms with van der Waals surface area (Å²) in [5.41, 5.74) is 1.21. The van der Waals surface area contributed by atoms with Crippen molar-refractivity contribution in [3.05, 3.63) is 32.9 Å². The minimum Gasteiger partial charge on any atom is -0.437 e. The van der Waals surface area contributed by atoms with Gasteiger partial charge in [0.15, 0.2) is 17.5 Å². The van der Waals surface area contributed by atoms with Crippen LogP contribution in [-0.2, 0) is 12.8 Å². The molecule has 2 aliphatic rings. The summed E-state index contributed by atoms with van der Waals surface area (Å²) in [5, 5.41) is 0.804. The van der Waals surface area contributed by atoms with E-state index in [2.05, 4.69) is 9.88 Å². The number of fused-ring (bicyclic) bond motifs is 3. The highest BCUT2D eigenvalue weighted by Crippen LogP contribution is 2.34. The minimum atomic E-state index is -0.0275. The zero-order chi connectivity index (χ0) is 17.5. The molecule has 0 atom stereocenters. The Hall–Kier alpha value is -2.08. The number of anilines is 1. The van der Waals surface area contributed by atoms with Gasteiger partial charge in [-0.1, -0.05) is 6.42 Å². The molecule has 1 aliphatic heterocycles. The lowest BCUT2D eigenvalue weighted by Gasteiger charge is -2.25. The van der Waals surface area contributed by atoms with E-state index in [4.69, 9.17) is 9.40 Å². The number of piperidine rings is 1. The molecular formula is C20H23N3O2S. The quantitative estimate of drug-likeness (QED) is 0.676. The minimum absolute atomic E-state index is 0.0275. The van der Waals surface area contributed by atoms with Gasteiger partial charge in [0.2, 0.25) is 0 Å². The second-order valence-electron chi connectivity index (χ2n) is 7.34. The lowest BCUT2D eigenvalue weighted by atomic mass is 10.1. The number of aromatic nitrogens is 2. The fourth-order valence-electron chi connectivity index (χ4n) is 4.20. The molecule has 1 saturated heterocycles. The Labute approximate surface area is 156 Å². The maximum atomic E-state index is 12.8. The average Bonchev–Trinajstić information content (AvgIpc) is 3.22. The highest BCUT2D eigenvalue weighted by Gasteiger charge is 2.21. The number of thiophene rings is 1. The molecule has 0 aromatic carbocycles. The molecule has 26 heavy (non-hydrogen) atoms. The SMILES string of the molecule is O=c1[nH]c(-c2ccc(N3CCCCC3)o2)nc2sc3c(c12)CCCCC3. The van der Waals surface area contributed by atoms with Crippen LogP contribution in [0.25, 0.3) is 21.8 Å². The zero-order valence-corrected chi connectivity index (χ0v) is 15.7. The number of furan rings is 1. The van der Waals surface area contributed by atoms with Gasteiger partial charge in [0.1, 0.15) is 4.83 Å². The molecule has 0 unspecified atom stereocenters. The Kier molecular flexibility index (Phi) is 4.08. The number of aromatic amines is 1. The first-order valence-corrected chi connectivity index (χ1v) is 10.5. The van der Waals surface area contributed by atoms with Crippen molar-refractivity contribution in [2.75, 3.05) is 18.0 Å². The van der Waals surface area contributed by atoms with Gasteiger partial charge in [-0.3, -0.25) is 4.79 Å². The molecule has 4 heterocycles. The van der Waals surface area contributed by atoms with Gasteiger partial charge in [0.25, 0.3) is 5.56 Å². The van der Waals surface area contributed by atoms with Crippen molar-refractivity contribution in [1.82, 2.24) is 9.97 Å². The van der Waals surface area contributed by atoms with Crippen LogP contribution in [0.15, 0.2) is 21.3 Å². The Morgan fingerprint density at radius 3 is 2.73 bits per heavy atom. The van der Waals surface area contributed by atoms with E-state index in [1.165, 1.54) is 42.5 Å². The Balaban J connectivity index is 1.54. The van der Waals surface area contributed by atoms with Crippen molar-refractivity contribution in [3.8, 4) is 11.6 Å². The van der Waals surface area contributed by atoms with Crippen LogP contribution in [0.1, 0.15) is 49.0 Å². The van der Waals surface area contributed by atoms with Gasteiger partial charge in [-0.05, 0) is 56.6 Å². The summed E-state index contributed by atoms with van der Waals surface area (Å²) in [4.78, 5) is 25.0. The summed E-state index contributed by atoms with van der Waals surface area (Å²) < 4.78 is 6.03. The Bertz CT molecular complexity index is 994. The second-order valence-corrected chi connectivity index (χ2v) is 8.43. The maximum Gasteiger partial charge on any atom is 0.260 e. The van der Waals surface area contributed by atoms with Crippen LogP contribution in [0, 0.1) is 0 Å². The molecule has 0 amide bonds. The molecule has 0 saturated carbocycles. The van der Waals surface area contributed by atoms with Crippen molar-refractivity contribution in [2.24, 2.45) is 0 Å². The fraction of sp³-hybridized carbons (Fsp3) is 0.500. The number of rotatable bonds is 2. The summed E-state index contributed by atoms with van der Waals surface area (Å²) in [6, 6.07) is 3.92. The largest absolute Gasteiger partial charge is 0.437 e. The first-order valence-electron chi connectivity index (χ1n) is 9.69. The van der Waals surface area contributed by atoms with Crippen molar-refractivity contribution in [1.29, 1.82) is 0 Å². The molecule has 3 aromatic rings. The zero-order valence-electron chi connectivity index (χ0n) is 14.8. The van der Waals surface area contributed by atoms with Gasteiger partial charge >= 0.3 is 0 Å². The number of H-pyrrole nitrogens is 1. The first kappa shape index (κ1) is 16.1. The van der Waals surface area contributed by atoms with E-state index in [-0.39, 0.29) is 5.56 Å². The lowest BCUT2D eigenvalue weighted by molar-refractivity contribution is 0.505. The molecule has 136 valence electrons. The fourth-order valence-corrected chi connectivity index (χ4v) is 5.46. The molecule has 6 heteroatoms. The number of hydrogen-bond donors (Lipinski definition) is 1. The maximum absolute atomic E-state index is 12.8. The van der Waals surface area contributed by atoms with E-state index in [0.717, 1.165) is 48.5 Å². The van der Waals surface area contributed by atoms with E-state index in [0.29, 0.717) is 11.6 Å². The van der Waals surface area contributed by atoms with Gasteiger partial charge in [0, 0.05) is 24.0 Å². The lowest BCUT2D eigenvalue weighted by Crippen LogP contribution is -2.28. The smallest absolute Gasteiger partial charge is 0.260 e. The molecular weight excluding hydrogens is 346 g/mol. The molecule has 1 aliphatic carbocycles. The summed E-state index contributed by atoms with van der Waals surface area (Å²) >= 11 is 1.69. The van der Waals surface area contributed by atoms with Crippen LogP contribution in [0.2, 0.25) is 0 Å². The number of hydrogen-bond acceptors (Lipinski definition) is 5. The van der Waals surface area contributed by atoms with Gasteiger partial charge in [0.05, 0.1) is 5.39 Å². The standard InChI is InChI=1S/C20H23N3O2S/c24-19-17-13-7-3-1-4-8-15(13)26-20(17)22-18(21-19)14-9-10-16(25-14)23-11-5-2-6-12-23/h9-10H,1-8,11-12H2,(H,21,22,24). The highest BCUT2D eigenvalue weighted by molar-refractivity contribution is 7.18. The average molecular weight is 369 g/mol. The van der Waals surface area contributed by atoms with Crippen molar-refractivity contribution in [3.63, 3.8) is 0 Å². The monoisotopic (exact) mass is 369 g/mol. The van der Waals surface area contributed by atoms with E-state index in [1.807, 2.05) is 12.1 Å². The first-order chi connectivity index (χ1) is 12.8. The van der Waals surface area contributed by atoms with Crippen LogP contribution in [0.3, 0.4) is 0 Å². The topological polar surface area (TPSA) is 62.1 Å². The molecule has 0 spiro atoms. The van der Waals surface area contributed by atoms with Crippen LogP contribution >= 0.6 is 11.3 Å². The molecule has 3 aromatic heterocycles. The molecule has 1 fully saturated rings. The molecule has 5 rings (SSSR count). The second kappa shape index (κ2) is 6.58. The summed E-state index contributed by atoms with van der Waals surface area (Å²) in [6.07, 6.45) is 9.40. The highest BCUT2D eigenvalue weighted by atomic mass is 32.1. The summed E-state index contributed by atoms with van der Waals surface area (Å²) in [6.45, 7) is 2.07. The van der Waals surface area contributed by atoms with Gasteiger partial charge in [-0.2, -0.15) is 0 Å². The van der Waals surface area contributed by atoms with E-state index >= 15 is 0 Å². The predicted octanol–water partition coefficient (Wildman–Crippen LogP) is 4.50.